The van der Waals surface area contributed by atoms with Crippen LogP contribution in [0.1, 0.15) is 20.3 Å². The molecule has 1 aliphatic rings. The summed E-state index contributed by atoms with van der Waals surface area (Å²) in [5.41, 5.74) is 0. The van der Waals surface area contributed by atoms with Crippen molar-refractivity contribution in [3.8, 4) is 0 Å². The molecule has 4 nitrogen and oxygen atoms in total. The molecule has 1 heterocycles. The molecule has 0 radical (unpaired) electrons. The lowest BCUT2D eigenvalue weighted by atomic mass is 10.3. The van der Waals surface area contributed by atoms with Gasteiger partial charge >= 0.3 is 11.9 Å². The Bertz CT molecular complexity index is 329. The van der Waals surface area contributed by atoms with Gasteiger partial charge in [-0.25, -0.2) is 10.0 Å². The Balaban J connectivity index is 2.34. The summed E-state index contributed by atoms with van der Waals surface area (Å²) in [6, 6.07) is 0. The zero-order chi connectivity index (χ0) is 13.3. The first-order chi connectivity index (χ1) is 7.68. The molecular formula is C11H20O4S2. The Morgan fingerprint density at radius 2 is 1.94 bits per heavy atom. The summed E-state index contributed by atoms with van der Waals surface area (Å²) in [4.78, 5) is 21.4. The van der Waals surface area contributed by atoms with Crippen LogP contribution in [0.3, 0.4) is 0 Å². The van der Waals surface area contributed by atoms with Crippen molar-refractivity contribution >= 4 is 33.7 Å². The smallest absolute Gasteiger partial charge is 0.317 e. The summed E-state index contributed by atoms with van der Waals surface area (Å²) in [6.07, 6.45) is 2.00. The van der Waals surface area contributed by atoms with E-state index in [9.17, 15) is 9.59 Å². The highest BCUT2D eigenvalue weighted by molar-refractivity contribution is 8.40. The van der Waals surface area contributed by atoms with E-state index in [4.69, 9.17) is 10.2 Å². The second-order valence-electron chi connectivity index (χ2n) is 5.18. The largest absolute Gasteiger partial charge is 0.481 e. The Morgan fingerprint density at radius 3 is 2.29 bits per heavy atom. The van der Waals surface area contributed by atoms with Gasteiger partial charge in [-0.1, -0.05) is 13.8 Å². The molecule has 0 aromatic carbocycles. The number of hydrogen-bond acceptors (Lipinski definition) is 3. The van der Waals surface area contributed by atoms with E-state index in [1.807, 2.05) is 0 Å². The number of thioether (sulfide) groups is 1. The lowest BCUT2D eigenvalue weighted by Gasteiger charge is -2.20. The molecule has 1 saturated heterocycles. The standard InChI is InChI=1S/C11H20O4S2/c1-11(2)7-17(11,3)5-4-16-8(10(14)15)6-9(12)13/h8H,4-7H2,1-3H3,(H,12,13)(H,14,15). The van der Waals surface area contributed by atoms with Crippen LogP contribution in [0.2, 0.25) is 0 Å². The van der Waals surface area contributed by atoms with E-state index in [2.05, 4.69) is 20.1 Å². The van der Waals surface area contributed by atoms with E-state index in [1.165, 1.54) is 17.5 Å². The maximum atomic E-state index is 10.9. The third kappa shape index (κ3) is 3.81. The average molecular weight is 280 g/mol. The van der Waals surface area contributed by atoms with Crippen molar-refractivity contribution in [3.63, 3.8) is 0 Å². The molecule has 0 amide bonds. The number of carboxylic acids is 2. The minimum absolute atomic E-state index is 0.296. The maximum absolute atomic E-state index is 10.9. The molecule has 6 heteroatoms. The predicted octanol–water partition coefficient (Wildman–Crippen LogP) is 1.87. The van der Waals surface area contributed by atoms with E-state index >= 15 is 0 Å². The highest BCUT2D eigenvalue weighted by Gasteiger charge is 2.52. The van der Waals surface area contributed by atoms with Crippen molar-refractivity contribution in [3.05, 3.63) is 0 Å². The van der Waals surface area contributed by atoms with E-state index in [1.54, 1.807) is 0 Å². The van der Waals surface area contributed by atoms with Crippen molar-refractivity contribution in [1.29, 1.82) is 0 Å². The van der Waals surface area contributed by atoms with Gasteiger partial charge in [-0.2, -0.15) is 0 Å². The lowest BCUT2D eigenvalue weighted by molar-refractivity contribution is -0.142. The van der Waals surface area contributed by atoms with Gasteiger partial charge in [-0.3, -0.25) is 9.59 Å². The Morgan fingerprint density at radius 1 is 1.41 bits per heavy atom. The fraction of sp³-hybridized carbons (Fsp3) is 0.818. The minimum Gasteiger partial charge on any atom is -0.481 e. The molecule has 0 saturated carbocycles. The zero-order valence-electron chi connectivity index (χ0n) is 10.4. The highest BCUT2D eigenvalue weighted by Crippen LogP contribution is 2.73. The molecule has 0 aromatic rings. The molecule has 0 bridgehead atoms. The predicted molar refractivity (Wildman–Crippen MR) is 73.5 cm³/mol. The van der Waals surface area contributed by atoms with Gasteiger partial charge in [-0.15, -0.1) is 11.8 Å². The van der Waals surface area contributed by atoms with Gasteiger partial charge in [0.2, 0.25) is 0 Å². The van der Waals surface area contributed by atoms with E-state index < -0.39 is 27.2 Å². The van der Waals surface area contributed by atoms with Gasteiger partial charge in [-0.05, 0) is 17.8 Å². The van der Waals surface area contributed by atoms with Gasteiger partial charge in [0, 0.05) is 10.5 Å². The summed E-state index contributed by atoms with van der Waals surface area (Å²) in [7, 11) is -0.563. The first-order valence-electron chi connectivity index (χ1n) is 5.47. The number of aliphatic carboxylic acids is 2. The molecule has 100 valence electrons. The molecular weight excluding hydrogens is 260 g/mol. The SMILES string of the molecule is CC1(C)CS1(C)CCSC(CC(=O)O)C(=O)O. The number of rotatable bonds is 7. The third-order valence-electron chi connectivity index (χ3n) is 3.40. The van der Waals surface area contributed by atoms with E-state index in [0.29, 0.717) is 4.75 Å². The number of hydrogen-bond donors (Lipinski definition) is 2. The van der Waals surface area contributed by atoms with Crippen LogP contribution < -0.4 is 0 Å². The summed E-state index contributed by atoms with van der Waals surface area (Å²) in [5, 5.41) is 16.7. The first-order valence-corrected chi connectivity index (χ1v) is 8.90. The van der Waals surface area contributed by atoms with Crippen LogP contribution >= 0.6 is 21.8 Å². The van der Waals surface area contributed by atoms with Crippen molar-refractivity contribution in [2.75, 3.05) is 23.5 Å². The zero-order valence-corrected chi connectivity index (χ0v) is 12.1. The first kappa shape index (κ1) is 14.7. The van der Waals surface area contributed by atoms with Crippen molar-refractivity contribution in [1.82, 2.24) is 0 Å². The molecule has 0 aliphatic carbocycles. The molecule has 1 fully saturated rings. The van der Waals surface area contributed by atoms with Crippen LogP contribution in [-0.4, -0.2) is 55.7 Å². The van der Waals surface area contributed by atoms with Crippen molar-refractivity contribution < 1.29 is 19.8 Å². The summed E-state index contributed by atoms with van der Waals surface area (Å²) < 4.78 is 0.430. The van der Waals surface area contributed by atoms with Crippen LogP contribution in [0.25, 0.3) is 0 Å². The molecule has 1 aliphatic heterocycles. The fourth-order valence-electron chi connectivity index (χ4n) is 1.84. The topological polar surface area (TPSA) is 74.6 Å². The van der Waals surface area contributed by atoms with Crippen molar-refractivity contribution in [2.24, 2.45) is 0 Å². The maximum Gasteiger partial charge on any atom is 0.317 e. The van der Waals surface area contributed by atoms with Crippen LogP contribution in [0.5, 0.6) is 0 Å². The number of carboxylic acid groups (broad SMARTS) is 2. The Labute approximate surface area is 107 Å². The Hall–Kier alpha value is -0.360. The third-order valence-corrected chi connectivity index (χ3v) is 9.80. The van der Waals surface area contributed by atoms with E-state index in [-0.39, 0.29) is 6.42 Å². The fourth-order valence-corrected chi connectivity index (χ4v) is 7.16. The summed E-state index contributed by atoms with van der Waals surface area (Å²) >= 11 is 1.27. The molecule has 0 spiro atoms. The van der Waals surface area contributed by atoms with Crippen molar-refractivity contribution in [2.45, 2.75) is 30.3 Å². The lowest BCUT2D eigenvalue weighted by Crippen LogP contribution is -2.21. The van der Waals surface area contributed by atoms with Gasteiger partial charge in [0.1, 0.15) is 5.25 Å². The average Bonchev–Trinajstić information content (AvgIpc) is 2.63. The molecule has 17 heavy (non-hydrogen) atoms. The van der Waals surface area contributed by atoms with Gasteiger partial charge in [0.15, 0.2) is 0 Å². The van der Waals surface area contributed by atoms with Crippen LogP contribution in [0.4, 0.5) is 0 Å². The molecule has 2 unspecified atom stereocenters. The number of carbonyl (C=O) groups is 2. The molecule has 2 atom stereocenters. The van der Waals surface area contributed by atoms with Gasteiger partial charge in [0.25, 0.3) is 0 Å². The van der Waals surface area contributed by atoms with E-state index in [0.717, 1.165) is 11.5 Å². The van der Waals surface area contributed by atoms with Crippen LogP contribution in [0, 0.1) is 0 Å². The molecule has 1 rings (SSSR count). The molecule has 2 N–H and O–H groups in total. The second kappa shape index (κ2) is 5.10. The van der Waals surface area contributed by atoms with Gasteiger partial charge < -0.3 is 10.2 Å². The summed E-state index contributed by atoms with van der Waals surface area (Å²) in [6.45, 7) is 4.50. The second-order valence-corrected chi connectivity index (χ2v) is 10.8. The van der Waals surface area contributed by atoms with Gasteiger partial charge in [0.05, 0.1) is 6.42 Å². The van der Waals surface area contributed by atoms with Crippen LogP contribution in [0.15, 0.2) is 0 Å². The summed E-state index contributed by atoms with van der Waals surface area (Å²) in [5.74, 6) is 0.966. The highest BCUT2D eigenvalue weighted by atomic mass is 32.3. The molecule has 0 aromatic heterocycles. The normalized spacial score (nSPS) is 31.2. The monoisotopic (exact) mass is 280 g/mol. The minimum atomic E-state index is -1.05. The quantitative estimate of drug-likeness (QED) is 0.696. The Kier molecular flexibility index (Phi) is 4.41. The van der Waals surface area contributed by atoms with Crippen LogP contribution in [-0.2, 0) is 9.59 Å².